The van der Waals surface area contributed by atoms with Crippen molar-refractivity contribution >= 4 is 23.2 Å². The van der Waals surface area contributed by atoms with Crippen LogP contribution < -0.4 is 10.6 Å². The van der Waals surface area contributed by atoms with Crippen LogP contribution in [0.25, 0.3) is 0 Å². The van der Waals surface area contributed by atoms with E-state index in [9.17, 15) is 9.59 Å². The predicted octanol–water partition coefficient (Wildman–Crippen LogP) is 4.00. The molecule has 0 saturated heterocycles. The number of nitrogens with one attached hydrogen (secondary N) is 2. The van der Waals surface area contributed by atoms with Gasteiger partial charge in [0.1, 0.15) is 0 Å². The van der Waals surface area contributed by atoms with Crippen LogP contribution in [0.4, 0.5) is 11.4 Å². The molecule has 0 radical (unpaired) electrons. The molecule has 2 aromatic carbocycles. The first-order chi connectivity index (χ1) is 10.9. The van der Waals surface area contributed by atoms with E-state index >= 15 is 0 Å². The molecule has 0 fully saturated rings. The third-order valence-corrected chi connectivity index (χ3v) is 3.77. The second-order valence-electron chi connectivity index (χ2n) is 5.92. The topological polar surface area (TPSA) is 58.2 Å². The van der Waals surface area contributed by atoms with Gasteiger partial charge in [0.2, 0.25) is 0 Å². The molecule has 2 amide bonds. The maximum Gasteiger partial charge on any atom is 0.314 e. The lowest BCUT2D eigenvalue weighted by Crippen LogP contribution is -2.30. The molecule has 2 N–H and O–H groups in total. The molecular weight excluding hydrogens is 288 g/mol. The van der Waals surface area contributed by atoms with Gasteiger partial charge in [-0.05, 0) is 42.5 Å². The minimum absolute atomic E-state index is 0.254. The van der Waals surface area contributed by atoms with E-state index in [0.29, 0.717) is 11.4 Å². The Labute approximate surface area is 136 Å². The van der Waals surface area contributed by atoms with Crippen molar-refractivity contribution in [3.8, 4) is 0 Å². The minimum Gasteiger partial charge on any atom is -0.318 e. The summed E-state index contributed by atoms with van der Waals surface area (Å²) in [6.07, 6.45) is 0. The first-order valence-corrected chi connectivity index (χ1v) is 7.67. The number of para-hydroxylation sites is 2. The highest BCUT2D eigenvalue weighted by Crippen LogP contribution is 2.27. The molecule has 0 aliphatic heterocycles. The summed E-state index contributed by atoms with van der Waals surface area (Å²) in [5.41, 5.74) is 4.22. The van der Waals surface area contributed by atoms with Gasteiger partial charge in [0, 0.05) is 11.4 Å². The van der Waals surface area contributed by atoms with E-state index in [1.165, 1.54) is 0 Å². The third kappa shape index (κ3) is 3.97. The SMILES string of the molecule is Cc1ccccc1NC(=O)C(=O)Nc1c(C)cccc1C(C)C. The number of hydrogen-bond acceptors (Lipinski definition) is 2. The molecule has 0 aromatic heterocycles. The zero-order chi connectivity index (χ0) is 17.0. The fourth-order valence-electron chi connectivity index (χ4n) is 2.40. The summed E-state index contributed by atoms with van der Waals surface area (Å²) in [4.78, 5) is 24.4. The van der Waals surface area contributed by atoms with Crippen molar-refractivity contribution in [2.45, 2.75) is 33.6 Å². The van der Waals surface area contributed by atoms with Gasteiger partial charge < -0.3 is 10.6 Å². The fourth-order valence-corrected chi connectivity index (χ4v) is 2.40. The van der Waals surface area contributed by atoms with E-state index < -0.39 is 11.8 Å². The number of benzene rings is 2. The van der Waals surface area contributed by atoms with Crippen molar-refractivity contribution in [3.63, 3.8) is 0 Å². The van der Waals surface area contributed by atoms with Crippen molar-refractivity contribution in [3.05, 3.63) is 59.2 Å². The first-order valence-electron chi connectivity index (χ1n) is 7.67. The summed E-state index contributed by atoms with van der Waals surface area (Å²) in [5.74, 6) is -1.08. The van der Waals surface area contributed by atoms with Crippen LogP contribution in [0.2, 0.25) is 0 Å². The predicted molar refractivity (Wildman–Crippen MR) is 93.7 cm³/mol. The van der Waals surface area contributed by atoms with Crippen molar-refractivity contribution < 1.29 is 9.59 Å². The Balaban J connectivity index is 2.17. The Morgan fingerprint density at radius 1 is 0.826 bits per heavy atom. The highest BCUT2D eigenvalue weighted by Gasteiger charge is 2.18. The molecule has 0 unspecified atom stereocenters. The molecule has 0 aliphatic rings. The summed E-state index contributed by atoms with van der Waals surface area (Å²) in [5, 5.41) is 5.40. The van der Waals surface area contributed by atoms with Crippen LogP contribution in [0.1, 0.15) is 36.5 Å². The lowest BCUT2D eigenvalue weighted by atomic mass is 9.98. The summed E-state index contributed by atoms with van der Waals surface area (Å²) in [7, 11) is 0. The highest BCUT2D eigenvalue weighted by atomic mass is 16.2. The smallest absolute Gasteiger partial charge is 0.314 e. The zero-order valence-corrected chi connectivity index (χ0v) is 13.9. The summed E-state index contributed by atoms with van der Waals surface area (Å²) in [6.45, 7) is 7.90. The maximum absolute atomic E-state index is 12.2. The van der Waals surface area contributed by atoms with E-state index in [-0.39, 0.29) is 5.92 Å². The molecule has 0 aliphatic carbocycles. The van der Waals surface area contributed by atoms with Gasteiger partial charge in [0.05, 0.1) is 0 Å². The number of carbonyl (C=O) groups excluding carboxylic acids is 2. The van der Waals surface area contributed by atoms with Gasteiger partial charge in [0.15, 0.2) is 0 Å². The van der Waals surface area contributed by atoms with E-state index in [1.54, 1.807) is 6.07 Å². The Morgan fingerprint density at radius 2 is 1.43 bits per heavy atom. The molecule has 0 bridgehead atoms. The normalized spacial score (nSPS) is 10.5. The molecule has 2 rings (SSSR count). The van der Waals surface area contributed by atoms with Crippen LogP contribution >= 0.6 is 0 Å². The quantitative estimate of drug-likeness (QED) is 0.842. The second-order valence-corrected chi connectivity index (χ2v) is 5.92. The van der Waals surface area contributed by atoms with Crippen LogP contribution in [0.3, 0.4) is 0 Å². The Kier molecular flexibility index (Phi) is 5.16. The van der Waals surface area contributed by atoms with Crippen LogP contribution in [-0.4, -0.2) is 11.8 Å². The average molecular weight is 310 g/mol. The van der Waals surface area contributed by atoms with Crippen LogP contribution in [0.5, 0.6) is 0 Å². The minimum atomic E-state index is -0.669. The van der Waals surface area contributed by atoms with Gasteiger partial charge in [-0.3, -0.25) is 9.59 Å². The van der Waals surface area contributed by atoms with Crippen molar-refractivity contribution in [2.24, 2.45) is 0 Å². The van der Waals surface area contributed by atoms with Gasteiger partial charge in [-0.25, -0.2) is 0 Å². The van der Waals surface area contributed by atoms with Crippen molar-refractivity contribution in [2.75, 3.05) is 10.6 Å². The van der Waals surface area contributed by atoms with Gasteiger partial charge in [0.25, 0.3) is 0 Å². The third-order valence-electron chi connectivity index (χ3n) is 3.77. The largest absolute Gasteiger partial charge is 0.318 e. The van der Waals surface area contributed by atoms with E-state index in [0.717, 1.165) is 16.7 Å². The molecule has 0 heterocycles. The van der Waals surface area contributed by atoms with Gasteiger partial charge in [-0.15, -0.1) is 0 Å². The fraction of sp³-hybridized carbons (Fsp3) is 0.263. The van der Waals surface area contributed by atoms with E-state index in [4.69, 9.17) is 0 Å². The van der Waals surface area contributed by atoms with Crippen molar-refractivity contribution in [1.29, 1.82) is 0 Å². The standard InChI is InChI=1S/C19H22N2O2/c1-12(2)15-10-7-9-14(4)17(15)21-19(23)18(22)20-16-11-6-5-8-13(16)3/h5-12H,1-4H3,(H,20,22)(H,21,23). The van der Waals surface area contributed by atoms with Gasteiger partial charge in [-0.2, -0.15) is 0 Å². The second kappa shape index (κ2) is 7.09. The molecule has 4 heteroatoms. The Morgan fingerprint density at radius 3 is 2.09 bits per heavy atom. The zero-order valence-electron chi connectivity index (χ0n) is 13.9. The number of rotatable bonds is 3. The van der Waals surface area contributed by atoms with Crippen LogP contribution in [-0.2, 0) is 9.59 Å². The number of aryl methyl sites for hydroxylation is 2. The van der Waals surface area contributed by atoms with Crippen LogP contribution in [0, 0.1) is 13.8 Å². The van der Waals surface area contributed by atoms with Gasteiger partial charge in [-0.1, -0.05) is 50.2 Å². The lowest BCUT2D eigenvalue weighted by Gasteiger charge is -2.16. The monoisotopic (exact) mass is 310 g/mol. The molecule has 0 atom stereocenters. The first kappa shape index (κ1) is 16.7. The molecule has 0 saturated carbocycles. The molecule has 4 nitrogen and oxygen atoms in total. The number of hydrogen-bond donors (Lipinski definition) is 2. The Hall–Kier alpha value is -2.62. The highest BCUT2D eigenvalue weighted by molar-refractivity contribution is 6.43. The summed E-state index contributed by atoms with van der Waals surface area (Å²) >= 11 is 0. The molecule has 2 aromatic rings. The van der Waals surface area contributed by atoms with Gasteiger partial charge >= 0.3 is 11.8 Å². The molecule has 23 heavy (non-hydrogen) atoms. The Bertz CT molecular complexity index is 736. The van der Waals surface area contributed by atoms with E-state index in [1.807, 2.05) is 50.2 Å². The lowest BCUT2D eigenvalue weighted by molar-refractivity contribution is -0.133. The number of amides is 2. The van der Waals surface area contributed by atoms with E-state index in [2.05, 4.69) is 24.5 Å². The number of anilines is 2. The van der Waals surface area contributed by atoms with Crippen LogP contribution in [0.15, 0.2) is 42.5 Å². The molecule has 120 valence electrons. The number of carbonyl (C=O) groups is 2. The summed E-state index contributed by atoms with van der Waals surface area (Å²) < 4.78 is 0. The maximum atomic E-state index is 12.2. The van der Waals surface area contributed by atoms with Crippen molar-refractivity contribution in [1.82, 2.24) is 0 Å². The average Bonchev–Trinajstić information content (AvgIpc) is 2.51. The molecule has 0 spiro atoms. The summed E-state index contributed by atoms with van der Waals surface area (Å²) in [6, 6.07) is 13.2. The molecular formula is C19H22N2O2.